The molecule has 0 heterocycles. The average molecular weight is 212 g/mol. The van der Waals surface area contributed by atoms with Gasteiger partial charge in [0.15, 0.2) is 0 Å². The molecule has 0 aliphatic carbocycles. The van der Waals surface area contributed by atoms with Gasteiger partial charge >= 0.3 is 0 Å². The molecule has 15 heavy (non-hydrogen) atoms. The molecule has 0 spiro atoms. The van der Waals surface area contributed by atoms with Gasteiger partial charge in [0.05, 0.1) is 5.83 Å². The first kappa shape index (κ1) is 14.4. The summed E-state index contributed by atoms with van der Waals surface area (Å²) < 4.78 is 12.9. The average Bonchev–Trinajstić information content (AvgIpc) is 2.00. The molecule has 0 aromatic heterocycles. The standard InChI is InChI=1S/C14H25F/c1-7-14(6,10-13(5)15)9-12(4)8-11(2)3/h8,10,12H,7,9H2,1-6H3/b13-10+/t12-,14+/m1/s1. The lowest BCUT2D eigenvalue weighted by atomic mass is 9.78. The molecule has 0 rings (SSSR count). The molecule has 0 fully saturated rings. The zero-order chi connectivity index (χ0) is 12.1. The zero-order valence-corrected chi connectivity index (χ0v) is 11.0. The minimum atomic E-state index is -0.0660. The van der Waals surface area contributed by atoms with Crippen LogP contribution >= 0.6 is 0 Å². The molecular weight excluding hydrogens is 187 g/mol. The van der Waals surface area contributed by atoms with E-state index < -0.39 is 0 Å². The summed E-state index contributed by atoms with van der Waals surface area (Å²) in [6.07, 6.45) is 6.02. The Bertz CT molecular complexity index is 242. The molecule has 0 radical (unpaired) electrons. The first-order valence-corrected chi connectivity index (χ1v) is 5.79. The molecule has 0 saturated heterocycles. The van der Waals surface area contributed by atoms with Gasteiger partial charge in [-0.25, -0.2) is 4.39 Å². The summed E-state index contributed by atoms with van der Waals surface area (Å²) in [6, 6.07) is 0. The summed E-state index contributed by atoms with van der Waals surface area (Å²) in [5.74, 6) is 0.444. The minimum Gasteiger partial charge on any atom is -0.212 e. The van der Waals surface area contributed by atoms with Crippen molar-refractivity contribution in [1.82, 2.24) is 0 Å². The van der Waals surface area contributed by atoms with E-state index in [1.807, 2.05) is 0 Å². The van der Waals surface area contributed by atoms with E-state index in [4.69, 9.17) is 0 Å². The van der Waals surface area contributed by atoms with E-state index in [1.165, 1.54) is 12.5 Å². The van der Waals surface area contributed by atoms with Gasteiger partial charge in [0.25, 0.3) is 0 Å². The van der Waals surface area contributed by atoms with Crippen molar-refractivity contribution in [2.45, 2.75) is 54.4 Å². The quantitative estimate of drug-likeness (QED) is 0.545. The first-order valence-electron chi connectivity index (χ1n) is 5.79. The molecule has 0 N–H and O–H groups in total. The summed E-state index contributed by atoms with van der Waals surface area (Å²) in [7, 11) is 0. The van der Waals surface area contributed by atoms with Crippen LogP contribution in [0.1, 0.15) is 54.4 Å². The summed E-state index contributed by atoms with van der Waals surface area (Å²) in [4.78, 5) is 0. The summed E-state index contributed by atoms with van der Waals surface area (Å²) in [5.41, 5.74) is 1.33. The van der Waals surface area contributed by atoms with Gasteiger partial charge in [0.2, 0.25) is 0 Å². The SMILES string of the molecule is CC[C@](C)(/C=C(\C)F)C[C@H](C)C=C(C)C. The van der Waals surface area contributed by atoms with Crippen LogP contribution < -0.4 is 0 Å². The molecule has 0 saturated carbocycles. The van der Waals surface area contributed by atoms with Crippen LogP contribution in [0.2, 0.25) is 0 Å². The molecule has 2 atom stereocenters. The number of hydrogen-bond donors (Lipinski definition) is 0. The lowest BCUT2D eigenvalue weighted by Crippen LogP contribution is -2.15. The molecule has 0 aliphatic rings. The van der Waals surface area contributed by atoms with Crippen molar-refractivity contribution >= 4 is 0 Å². The van der Waals surface area contributed by atoms with Crippen LogP contribution in [0.15, 0.2) is 23.6 Å². The Morgan fingerprint density at radius 1 is 1.33 bits per heavy atom. The van der Waals surface area contributed by atoms with Gasteiger partial charge in [-0.3, -0.25) is 0 Å². The third kappa shape index (κ3) is 6.48. The monoisotopic (exact) mass is 212 g/mol. The highest BCUT2D eigenvalue weighted by atomic mass is 19.1. The van der Waals surface area contributed by atoms with Crippen LogP contribution in [0.3, 0.4) is 0 Å². The van der Waals surface area contributed by atoms with Gasteiger partial charge < -0.3 is 0 Å². The lowest BCUT2D eigenvalue weighted by molar-refractivity contribution is 0.330. The Labute approximate surface area is 94.3 Å². The molecule has 0 nitrogen and oxygen atoms in total. The van der Waals surface area contributed by atoms with Crippen molar-refractivity contribution < 1.29 is 4.39 Å². The third-order valence-corrected chi connectivity index (χ3v) is 2.76. The van der Waals surface area contributed by atoms with E-state index >= 15 is 0 Å². The van der Waals surface area contributed by atoms with E-state index in [-0.39, 0.29) is 11.2 Å². The normalized spacial score (nSPS) is 18.2. The first-order chi connectivity index (χ1) is 6.79. The van der Waals surface area contributed by atoms with Gasteiger partial charge in [-0.1, -0.05) is 32.4 Å². The lowest BCUT2D eigenvalue weighted by Gasteiger charge is -2.27. The Morgan fingerprint density at radius 3 is 2.20 bits per heavy atom. The van der Waals surface area contributed by atoms with Crippen LogP contribution in [0.5, 0.6) is 0 Å². The molecule has 1 heteroatoms. The summed E-state index contributed by atoms with van der Waals surface area (Å²) in [6.45, 7) is 12.2. The van der Waals surface area contributed by atoms with Crippen LogP contribution in [0.4, 0.5) is 4.39 Å². The van der Waals surface area contributed by atoms with Gasteiger partial charge in [0.1, 0.15) is 0 Å². The molecule has 0 aromatic carbocycles. The number of halogens is 1. The van der Waals surface area contributed by atoms with E-state index in [0.29, 0.717) is 5.92 Å². The van der Waals surface area contributed by atoms with Crippen molar-refractivity contribution in [3.05, 3.63) is 23.6 Å². The van der Waals surface area contributed by atoms with Crippen molar-refractivity contribution in [2.24, 2.45) is 11.3 Å². The van der Waals surface area contributed by atoms with E-state index in [9.17, 15) is 4.39 Å². The van der Waals surface area contributed by atoms with Gasteiger partial charge in [-0.05, 0) is 51.0 Å². The van der Waals surface area contributed by atoms with Crippen LogP contribution in [-0.4, -0.2) is 0 Å². The van der Waals surface area contributed by atoms with Crippen molar-refractivity contribution in [1.29, 1.82) is 0 Å². The number of allylic oxidation sites excluding steroid dienone is 4. The van der Waals surface area contributed by atoms with Crippen LogP contribution in [-0.2, 0) is 0 Å². The molecular formula is C14H25F. The number of hydrogen-bond acceptors (Lipinski definition) is 0. The molecule has 0 bridgehead atoms. The second-order valence-electron chi connectivity index (χ2n) is 5.16. The van der Waals surface area contributed by atoms with Crippen LogP contribution in [0, 0.1) is 11.3 Å². The molecule has 0 unspecified atom stereocenters. The predicted octanol–water partition coefficient (Wildman–Crippen LogP) is 5.27. The van der Waals surface area contributed by atoms with Crippen molar-refractivity contribution in [3.8, 4) is 0 Å². The Morgan fingerprint density at radius 2 is 1.87 bits per heavy atom. The maximum atomic E-state index is 12.9. The minimum absolute atomic E-state index is 0.00972. The van der Waals surface area contributed by atoms with E-state index in [2.05, 4.69) is 40.7 Å². The number of rotatable bonds is 5. The fourth-order valence-electron chi connectivity index (χ4n) is 2.15. The van der Waals surface area contributed by atoms with Gasteiger partial charge in [0, 0.05) is 0 Å². The predicted molar refractivity (Wildman–Crippen MR) is 66.5 cm³/mol. The topological polar surface area (TPSA) is 0 Å². The molecule has 0 aliphatic heterocycles. The maximum absolute atomic E-state index is 12.9. The van der Waals surface area contributed by atoms with Crippen LogP contribution in [0.25, 0.3) is 0 Å². The summed E-state index contributed by atoms with van der Waals surface area (Å²) >= 11 is 0. The Kier molecular flexibility index (Phi) is 5.85. The largest absolute Gasteiger partial charge is 0.212 e. The molecule has 0 aromatic rings. The second kappa shape index (κ2) is 6.09. The summed E-state index contributed by atoms with van der Waals surface area (Å²) in [5, 5.41) is 0. The fraction of sp³-hybridized carbons (Fsp3) is 0.714. The van der Waals surface area contributed by atoms with E-state index in [1.54, 1.807) is 6.08 Å². The smallest absolute Gasteiger partial charge is 0.0934 e. The van der Waals surface area contributed by atoms with Crippen molar-refractivity contribution in [3.63, 3.8) is 0 Å². The highest BCUT2D eigenvalue weighted by Gasteiger charge is 2.21. The Hall–Kier alpha value is -0.590. The highest BCUT2D eigenvalue weighted by Crippen LogP contribution is 2.33. The third-order valence-electron chi connectivity index (χ3n) is 2.76. The second-order valence-corrected chi connectivity index (χ2v) is 5.16. The van der Waals surface area contributed by atoms with Gasteiger partial charge in [-0.15, -0.1) is 0 Å². The highest BCUT2D eigenvalue weighted by molar-refractivity contribution is 5.04. The van der Waals surface area contributed by atoms with Gasteiger partial charge in [-0.2, -0.15) is 0 Å². The fourth-order valence-corrected chi connectivity index (χ4v) is 2.15. The molecule has 88 valence electrons. The zero-order valence-electron chi connectivity index (χ0n) is 11.0. The molecule has 0 amide bonds. The maximum Gasteiger partial charge on any atom is 0.0934 e. The van der Waals surface area contributed by atoms with Crippen molar-refractivity contribution in [2.75, 3.05) is 0 Å². The Balaban J connectivity index is 4.58. The van der Waals surface area contributed by atoms with E-state index in [0.717, 1.165) is 12.8 Å².